The predicted molar refractivity (Wildman–Crippen MR) is 109 cm³/mol. The maximum atomic E-state index is 11.4. The average Bonchev–Trinajstić information content (AvgIpc) is 3.35. The molecule has 1 aliphatic carbocycles. The van der Waals surface area contributed by atoms with Crippen LogP contribution in [-0.2, 0) is 11.2 Å². The van der Waals surface area contributed by atoms with Crippen molar-refractivity contribution < 1.29 is 9.53 Å². The van der Waals surface area contributed by atoms with Crippen molar-refractivity contribution in [1.29, 1.82) is 0 Å². The minimum Gasteiger partial charge on any atom is -0.484 e. The molecule has 0 saturated carbocycles. The highest BCUT2D eigenvalue weighted by molar-refractivity contribution is 5.88. The average molecular weight is 377 g/mol. The van der Waals surface area contributed by atoms with Gasteiger partial charge in [-0.1, -0.05) is 30.3 Å². The van der Waals surface area contributed by atoms with E-state index in [2.05, 4.69) is 39.8 Å². The number of rotatable bonds is 4. The quantitative estimate of drug-likeness (QED) is 0.860. The topological polar surface area (TPSA) is 53.6 Å². The maximum absolute atomic E-state index is 11.4. The highest BCUT2D eigenvalue weighted by Gasteiger charge is 2.44. The van der Waals surface area contributed by atoms with Crippen molar-refractivity contribution in [3.8, 4) is 5.75 Å². The summed E-state index contributed by atoms with van der Waals surface area (Å²) in [5, 5.41) is 6.38. The number of amides is 1. The molecular weight excluding hydrogens is 350 g/mol. The number of nitrogens with one attached hydrogen (secondary N) is 2. The molecule has 3 aliphatic rings. The fourth-order valence-electron chi connectivity index (χ4n) is 5.16. The van der Waals surface area contributed by atoms with E-state index in [4.69, 9.17) is 4.74 Å². The van der Waals surface area contributed by atoms with E-state index in [1.807, 2.05) is 24.3 Å². The van der Waals surface area contributed by atoms with Gasteiger partial charge >= 0.3 is 0 Å². The van der Waals surface area contributed by atoms with Crippen molar-refractivity contribution in [2.45, 2.75) is 25.5 Å². The molecule has 2 fully saturated rings. The van der Waals surface area contributed by atoms with Crippen LogP contribution < -0.4 is 15.4 Å². The van der Waals surface area contributed by atoms with Crippen molar-refractivity contribution in [2.24, 2.45) is 11.8 Å². The van der Waals surface area contributed by atoms with Gasteiger partial charge in [0, 0.05) is 31.8 Å². The fourth-order valence-corrected chi connectivity index (χ4v) is 5.16. The highest BCUT2D eigenvalue weighted by atomic mass is 16.5. The second-order valence-electron chi connectivity index (χ2n) is 8.35. The van der Waals surface area contributed by atoms with Crippen LogP contribution in [0.15, 0.2) is 48.5 Å². The number of carbonyl (C=O) groups is 1. The molecule has 2 N–H and O–H groups in total. The zero-order valence-corrected chi connectivity index (χ0v) is 16.2. The van der Waals surface area contributed by atoms with E-state index in [0.29, 0.717) is 6.04 Å². The molecule has 2 aromatic carbocycles. The zero-order chi connectivity index (χ0) is 19.1. The summed E-state index contributed by atoms with van der Waals surface area (Å²) in [4.78, 5) is 14.0. The lowest BCUT2D eigenvalue weighted by atomic mass is 10.0. The lowest BCUT2D eigenvalue weighted by molar-refractivity contribution is -0.114. The summed E-state index contributed by atoms with van der Waals surface area (Å²) < 4.78 is 6.56. The molecule has 5 rings (SSSR count). The van der Waals surface area contributed by atoms with Crippen molar-refractivity contribution in [3.63, 3.8) is 0 Å². The summed E-state index contributed by atoms with van der Waals surface area (Å²) in [6, 6.07) is 16.8. The molecule has 2 aromatic rings. The van der Waals surface area contributed by atoms with Gasteiger partial charge in [-0.2, -0.15) is 0 Å². The molecule has 5 nitrogen and oxygen atoms in total. The summed E-state index contributed by atoms with van der Waals surface area (Å²) in [5.41, 5.74) is 3.47. The van der Waals surface area contributed by atoms with Gasteiger partial charge in [0.2, 0.25) is 5.91 Å². The van der Waals surface area contributed by atoms with E-state index in [-0.39, 0.29) is 12.0 Å². The molecule has 0 radical (unpaired) electrons. The van der Waals surface area contributed by atoms with Crippen LogP contribution in [0.2, 0.25) is 0 Å². The van der Waals surface area contributed by atoms with Gasteiger partial charge in [-0.05, 0) is 54.6 Å². The Hall–Kier alpha value is -2.37. The largest absolute Gasteiger partial charge is 0.484 e. The summed E-state index contributed by atoms with van der Waals surface area (Å²) in [5.74, 6) is 2.28. The first kappa shape index (κ1) is 17.7. The molecular formula is C23H27N3O2. The van der Waals surface area contributed by atoms with Crippen LogP contribution >= 0.6 is 0 Å². The Morgan fingerprint density at radius 2 is 1.89 bits per heavy atom. The van der Waals surface area contributed by atoms with Crippen molar-refractivity contribution in [2.75, 3.05) is 31.5 Å². The molecule has 1 amide bonds. The minimum atomic E-state index is -0.0709. The Balaban J connectivity index is 1.40. The Labute approximate surface area is 166 Å². The number of nitrogens with zero attached hydrogens (tertiary/aromatic N) is 1. The summed E-state index contributed by atoms with van der Waals surface area (Å²) in [6.07, 6.45) is 1.06. The van der Waals surface area contributed by atoms with Crippen molar-refractivity contribution in [1.82, 2.24) is 10.2 Å². The van der Waals surface area contributed by atoms with Crippen molar-refractivity contribution in [3.05, 3.63) is 59.7 Å². The van der Waals surface area contributed by atoms with E-state index in [1.54, 1.807) is 0 Å². The van der Waals surface area contributed by atoms with Crippen molar-refractivity contribution >= 4 is 11.6 Å². The van der Waals surface area contributed by atoms with E-state index >= 15 is 0 Å². The van der Waals surface area contributed by atoms with Crippen LogP contribution in [-0.4, -0.2) is 43.0 Å². The van der Waals surface area contributed by atoms with Gasteiger partial charge in [0.15, 0.2) is 0 Å². The first-order valence-corrected chi connectivity index (χ1v) is 10.2. The molecule has 0 bridgehead atoms. The van der Waals surface area contributed by atoms with E-state index in [0.717, 1.165) is 55.9 Å². The number of hydrogen-bond donors (Lipinski definition) is 2. The van der Waals surface area contributed by atoms with E-state index in [1.165, 1.54) is 18.1 Å². The van der Waals surface area contributed by atoms with Crippen LogP contribution in [0, 0.1) is 11.8 Å². The molecule has 0 spiro atoms. The molecule has 28 heavy (non-hydrogen) atoms. The molecule has 0 unspecified atom stereocenters. The number of likely N-dealkylation sites (tertiary alicyclic amines) is 1. The highest BCUT2D eigenvalue weighted by Crippen LogP contribution is 2.41. The normalized spacial score (nSPS) is 28.8. The van der Waals surface area contributed by atoms with Gasteiger partial charge in [0.1, 0.15) is 11.9 Å². The van der Waals surface area contributed by atoms with Crippen LogP contribution in [0.5, 0.6) is 5.75 Å². The number of fused-ring (bicyclic) bond motifs is 2. The first-order valence-electron chi connectivity index (χ1n) is 10.2. The number of benzene rings is 2. The third-order valence-corrected chi connectivity index (χ3v) is 6.44. The Morgan fingerprint density at radius 1 is 1.11 bits per heavy atom. The van der Waals surface area contributed by atoms with Gasteiger partial charge in [-0.3, -0.25) is 9.69 Å². The van der Waals surface area contributed by atoms with Crippen LogP contribution in [0.1, 0.15) is 24.2 Å². The summed E-state index contributed by atoms with van der Waals surface area (Å²) >= 11 is 0. The van der Waals surface area contributed by atoms with Gasteiger partial charge in [-0.15, -0.1) is 0 Å². The second-order valence-corrected chi connectivity index (χ2v) is 8.35. The number of hydrogen-bond acceptors (Lipinski definition) is 4. The smallest absolute Gasteiger partial charge is 0.221 e. The first-order chi connectivity index (χ1) is 13.7. The fraction of sp³-hybridized carbons (Fsp3) is 0.435. The second kappa shape index (κ2) is 7.22. The number of ether oxygens (including phenoxy) is 1. The molecule has 2 saturated heterocycles. The molecule has 2 heterocycles. The summed E-state index contributed by atoms with van der Waals surface area (Å²) in [6.45, 7) is 6.12. The Kier molecular flexibility index (Phi) is 4.57. The monoisotopic (exact) mass is 377 g/mol. The lowest BCUT2D eigenvalue weighted by Gasteiger charge is -2.31. The maximum Gasteiger partial charge on any atom is 0.221 e. The predicted octanol–water partition coefficient (Wildman–Crippen LogP) is 2.84. The Morgan fingerprint density at radius 3 is 2.68 bits per heavy atom. The zero-order valence-electron chi connectivity index (χ0n) is 16.2. The van der Waals surface area contributed by atoms with Crippen LogP contribution in [0.25, 0.3) is 0 Å². The lowest BCUT2D eigenvalue weighted by Crippen LogP contribution is -2.40. The minimum absolute atomic E-state index is 0.0237. The number of carbonyl (C=O) groups excluding carboxylic acids is 1. The van der Waals surface area contributed by atoms with Gasteiger partial charge < -0.3 is 15.4 Å². The molecule has 2 aliphatic heterocycles. The molecule has 4 atom stereocenters. The van der Waals surface area contributed by atoms with Gasteiger partial charge in [0.25, 0.3) is 0 Å². The molecule has 5 heteroatoms. The van der Waals surface area contributed by atoms with E-state index < -0.39 is 0 Å². The van der Waals surface area contributed by atoms with E-state index in [9.17, 15) is 4.79 Å². The SMILES string of the molecule is CC(=O)Nc1cccc(O[C@@H]2c3ccccc3C[C@H]2N2C[C@H]3CNC[C@H]3C2)c1. The van der Waals surface area contributed by atoms with Crippen LogP contribution in [0.4, 0.5) is 5.69 Å². The summed E-state index contributed by atoms with van der Waals surface area (Å²) in [7, 11) is 0. The third kappa shape index (κ3) is 3.29. The number of anilines is 1. The third-order valence-electron chi connectivity index (χ3n) is 6.44. The standard InChI is InChI=1S/C23H27N3O2/c1-15(27)25-19-6-4-7-20(10-19)28-23-21-8-3-2-5-16(21)9-22(23)26-13-17-11-24-12-18(17)14-26/h2-8,10,17-18,22-24H,9,11-14H2,1H3,(H,25,27)/t17-,18+,22-,23-/m1/s1. The van der Waals surface area contributed by atoms with Gasteiger partial charge in [0.05, 0.1) is 6.04 Å². The van der Waals surface area contributed by atoms with Crippen LogP contribution in [0.3, 0.4) is 0 Å². The molecule has 0 aromatic heterocycles. The Bertz CT molecular complexity index is 872. The molecule has 146 valence electrons. The van der Waals surface area contributed by atoms with Gasteiger partial charge in [-0.25, -0.2) is 0 Å².